The van der Waals surface area contributed by atoms with Crippen LogP contribution < -0.4 is 9.75 Å². The number of phenols is 1. The van der Waals surface area contributed by atoms with Gasteiger partial charge in [-0.1, -0.05) is 61.3 Å². The van der Waals surface area contributed by atoms with Gasteiger partial charge in [0.15, 0.2) is 0 Å². The van der Waals surface area contributed by atoms with Gasteiger partial charge in [-0.05, 0) is 52.2 Å². The zero-order valence-corrected chi connectivity index (χ0v) is 19.6. The molecule has 1 N–H and O–H groups in total. The molecule has 4 nitrogen and oxygen atoms in total. The van der Waals surface area contributed by atoms with Gasteiger partial charge in [0.2, 0.25) is 0 Å². The van der Waals surface area contributed by atoms with Crippen molar-refractivity contribution in [2.45, 2.75) is 32.2 Å². The van der Waals surface area contributed by atoms with Crippen LogP contribution in [0.4, 0.5) is 5.69 Å². The number of rotatable bonds is 7. The minimum Gasteiger partial charge on any atom is -0.507 e. The zero-order valence-electron chi connectivity index (χ0n) is 17.3. The number of anilines is 1. The number of hydrogen-bond donors (Lipinski definition) is 1. The lowest BCUT2D eigenvalue weighted by atomic mass is 9.97. The van der Waals surface area contributed by atoms with Crippen LogP contribution in [0.1, 0.15) is 43.4 Å². The monoisotopic (exact) mass is 498 g/mol. The zero-order chi connectivity index (χ0) is 21.8. The predicted molar refractivity (Wildman–Crippen MR) is 130 cm³/mol. The van der Waals surface area contributed by atoms with Crippen LogP contribution in [0, 0.1) is 0 Å². The van der Waals surface area contributed by atoms with Crippen molar-refractivity contribution in [2.75, 3.05) is 11.6 Å². The summed E-state index contributed by atoms with van der Waals surface area (Å²) in [5.41, 5.74) is 3.46. The molecule has 1 atom stereocenters. The van der Waals surface area contributed by atoms with E-state index in [0.717, 1.165) is 34.3 Å². The number of phenolic OH excluding ortho intramolecular Hbond substituents is 1. The number of benzene rings is 3. The second kappa shape index (κ2) is 9.75. The van der Waals surface area contributed by atoms with Gasteiger partial charge in [-0.25, -0.2) is 0 Å². The third kappa shape index (κ3) is 4.73. The van der Waals surface area contributed by atoms with Crippen LogP contribution in [0.2, 0.25) is 5.02 Å². The maximum Gasteiger partial charge on any atom is 0.137 e. The van der Waals surface area contributed by atoms with Gasteiger partial charge in [0.1, 0.15) is 11.5 Å². The van der Waals surface area contributed by atoms with Crippen LogP contribution in [0.5, 0.6) is 11.5 Å². The molecule has 0 aliphatic carbocycles. The topological polar surface area (TPSA) is 45.1 Å². The highest BCUT2D eigenvalue weighted by atomic mass is 79.9. The molecule has 0 aromatic heterocycles. The van der Waals surface area contributed by atoms with Gasteiger partial charge in [-0.2, -0.15) is 5.10 Å². The Kier molecular flexibility index (Phi) is 6.83. The second-order valence-corrected chi connectivity index (χ2v) is 8.73. The highest BCUT2D eigenvalue weighted by molar-refractivity contribution is 9.10. The molecule has 0 radical (unpaired) electrons. The first-order valence-corrected chi connectivity index (χ1v) is 11.6. The predicted octanol–water partition coefficient (Wildman–Crippen LogP) is 7.34. The number of halogens is 2. The Morgan fingerprint density at radius 3 is 2.61 bits per heavy atom. The Balaban J connectivity index is 1.70. The van der Waals surface area contributed by atoms with Crippen molar-refractivity contribution >= 4 is 38.9 Å². The van der Waals surface area contributed by atoms with Crippen LogP contribution >= 0.6 is 27.5 Å². The van der Waals surface area contributed by atoms with Crippen molar-refractivity contribution in [2.24, 2.45) is 5.10 Å². The van der Waals surface area contributed by atoms with E-state index in [1.807, 2.05) is 65.7 Å². The van der Waals surface area contributed by atoms with E-state index in [9.17, 15) is 5.11 Å². The molecular formula is C25H24BrClN2O2. The molecule has 4 rings (SSSR count). The van der Waals surface area contributed by atoms with Crippen molar-refractivity contribution in [3.63, 3.8) is 0 Å². The van der Waals surface area contributed by atoms with E-state index in [1.54, 1.807) is 6.07 Å². The first-order chi connectivity index (χ1) is 15.1. The summed E-state index contributed by atoms with van der Waals surface area (Å²) in [6, 6.07) is 21.3. The molecule has 31 heavy (non-hydrogen) atoms. The molecule has 0 saturated carbocycles. The molecule has 6 heteroatoms. The minimum atomic E-state index is -0.0650. The number of aromatic hydroxyl groups is 1. The summed E-state index contributed by atoms with van der Waals surface area (Å²) in [5.74, 6) is 0.789. The van der Waals surface area contributed by atoms with E-state index >= 15 is 0 Å². The lowest BCUT2D eigenvalue weighted by Crippen LogP contribution is -2.18. The Morgan fingerprint density at radius 1 is 1.13 bits per heavy atom. The summed E-state index contributed by atoms with van der Waals surface area (Å²) >= 11 is 10.1. The smallest absolute Gasteiger partial charge is 0.137 e. The molecule has 1 aliphatic rings. The molecular weight excluding hydrogens is 476 g/mol. The number of nitrogens with zero attached hydrogens (tertiary/aromatic N) is 2. The average Bonchev–Trinajstić information content (AvgIpc) is 3.22. The standard InChI is InChI=1S/C25H24BrClN2O2/c1-2-3-13-31-25-16-24(30)19(14-20(25)26)22-15-23(18-11-7-8-12-21(18)27)29(28-22)17-9-5-4-6-10-17/h4-12,14,16,23,30H,2-3,13,15H2,1H3. The first kappa shape index (κ1) is 21.7. The summed E-state index contributed by atoms with van der Waals surface area (Å²) in [5, 5.41) is 18.4. The number of unbranched alkanes of at least 4 members (excludes halogenated alkanes) is 1. The first-order valence-electron chi connectivity index (χ1n) is 10.4. The van der Waals surface area contributed by atoms with Crippen molar-refractivity contribution in [1.29, 1.82) is 0 Å². The Bertz CT molecular complexity index is 1090. The Morgan fingerprint density at radius 2 is 1.87 bits per heavy atom. The molecule has 0 saturated heterocycles. The van der Waals surface area contributed by atoms with E-state index in [1.165, 1.54) is 0 Å². The van der Waals surface area contributed by atoms with Gasteiger partial charge in [-0.15, -0.1) is 0 Å². The fraction of sp³-hybridized carbons (Fsp3) is 0.240. The molecule has 0 fully saturated rings. The van der Waals surface area contributed by atoms with Crippen LogP contribution in [0.3, 0.4) is 0 Å². The van der Waals surface area contributed by atoms with Crippen LogP contribution in [-0.4, -0.2) is 17.4 Å². The third-order valence-corrected chi connectivity index (χ3v) is 6.28. The molecule has 0 amide bonds. The lowest BCUT2D eigenvalue weighted by Gasteiger charge is -2.24. The molecule has 1 aliphatic heterocycles. The van der Waals surface area contributed by atoms with E-state index < -0.39 is 0 Å². The van der Waals surface area contributed by atoms with Crippen molar-refractivity contribution in [1.82, 2.24) is 0 Å². The van der Waals surface area contributed by atoms with Gasteiger partial charge in [-0.3, -0.25) is 5.01 Å². The van der Waals surface area contributed by atoms with Gasteiger partial charge >= 0.3 is 0 Å². The number of para-hydroxylation sites is 1. The molecule has 0 bridgehead atoms. The Hall–Kier alpha value is -2.50. The van der Waals surface area contributed by atoms with E-state index in [2.05, 4.69) is 22.9 Å². The molecule has 3 aromatic carbocycles. The maximum absolute atomic E-state index is 10.8. The number of ether oxygens (including phenoxy) is 1. The van der Waals surface area contributed by atoms with Gasteiger partial charge in [0.25, 0.3) is 0 Å². The van der Waals surface area contributed by atoms with Crippen LogP contribution in [-0.2, 0) is 0 Å². The molecule has 1 heterocycles. The second-order valence-electron chi connectivity index (χ2n) is 7.47. The van der Waals surface area contributed by atoms with E-state index in [0.29, 0.717) is 29.4 Å². The van der Waals surface area contributed by atoms with Crippen molar-refractivity contribution < 1.29 is 9.84 Å². The number of hydrazone groups is 1. The summed E-state index contributed by atoms with van der Waals surface area (Å²) in [6.07, 6.45) is 2.64. The normalized spacial score (nSPS) is 15.8. The highest BCUT2D eigenvalue weighted by Crippen LogP contribution is 2.42. The fourth-order valence-electron chi connectivity index (χ4n) is 3.69. The SMILES string of the molecule is CCCCOc1cc(O)c(C2=NN(c3ccccc3)C(c3ccccc3Cl)C2)cc1Br. The van der Waals surface area contributed by atoms with Crippen molar-refractivity contribution in [3.8, 4) is 11.5 Å². The Labute approximate surface area is 196 Å². The molecule has 3 aromatic rings. The lowest BCUT2D eigenvalue weighted by molar-refractivity contribution is 0.305. The quantitative estimate of drug-likeness (QED) is 0.346. The van der Waals surface area contributed by atoms with Crippen LogP contribution in [0.15, 0.2) is 76.3 Å². The largest absolute Gasteiger partial charge is 0.507 e. The summed E-state index contributed by atoms with van der Waals surface area (Å²) in [7, 11) is 0. The summed E-state index contributed by atoms with van der Waals surface area (Å²) in [6.45, 7) is 2.73. The van der Waals surface area contributed by atoms with E-state index in [4.69, 9.17) is 21.4 Å². The van der Waals surface area contributed by atoms with Gasteiger partial charge < -0.3 is 9.84 Å². The highest BCUT2D eigenvalue weighted by Gasteiger charge is 2.32. The van der Waals surface area contributed by atoms with Crippen molar-refractivity contribution in [3.05, 3.63) is 87.4 Å². The third-order valence-electron chi connectivity index (χ3n) is 5.31. The molecule has 0 spiro atoms. The summed E-state index contributed by atoms with van der Waals surface area (Å²) < 4.78 is 6.60. The fourth-order valence-corrected chi connectivity index (χ4v) is 4.41. The van der Waals surface area contributed by atoms with Crippen LogP contribution in [0.25, 0.3) is 0 Å². The maximum atomic E-state index is 10.8. The molecule has 1 unspecified atom stereocenters. The van der Waals surface area contributed by atoms with E-state index in [-0.39, 0.29) is 11.8 Å². The molecule has 160 valence electrons. The minimum absolute atomic E-state index is 0.0650. The number of hydrogen-bond acceptors (Lipinski definition) is 4. The van der Waals surface area contributed by atoms with Gasteiger partial charge in [0, 0.05) is 23.1 Å². The summed E-state index contributed by atoms with van der Waals surface area (Å²) in [4.78, 5) is 0. The van der Waals surface area contributed by atoms with Gasteiger partial charge in [0.05, 0.1) is 28.5 Å². The average molecular weight is 500 g/mol.